The molecular weight excluding hydrogens is 298 g/mol. The van der Waals surface area contributed by atoms with Gasteiger partial charge in [0, 0.05) is 12.1 Å². The molecule has 0 fully saturated rings. The Bertz CT molecular complexity index is 795. The summed E-state index contributed by atoms with van der Waals surface area (Å²) in [6, 6.07) is 8.01. The van der Waals surface area contributed by atoms with Gasteiger partial charge in [0.2, 0.25) is 0 Å². The number of aryl methyl sites for hydroxylation is 1. The van der Waals surface area contributed by atoms with Gasteiger partial charge < -0.3 is 4.42 Å². The van der Waals surface area contributed by atoms with Crippen molar-refractivity contribution in [1.82, 2.24) is 4.83 Å². The smallest absolute Gasteiger partial charge is 0.276 e. The number of hydrogen-bond donors (Lipinski definition) is 1. The SMILES string of the molecule is Cc1ccc(/C=N/NS(=O)(=O)c2cccc([N+](=O)[O-])c2)o1. The molecule has 0 atom stereocenters. The molecule has 0 aliphatic heterocycles. The average Bonchev–Trinajstić information content (AvgIpc) is 2.84. The van der Waals surface area contributed by atoms with E-state index < -0.39 is 14.9 Å². The maximum absolute atomic E-state index is 11.9. The van der Waals surface area contributed by atoms with Gasteiger partial charge in [-0.1, -0.05) is 6.07 Å². The van der Waals surface area contributed by atoms with E-state index in [9.17, 15) is 18.5 Å². The Morgan fingerprint density at radius 3 is 2.71 bits per heavy atom. The Morgan fingerprint density at radius 2 is 2.10 bits per heavy atom. The Morgan fingerprint density at radius 1 is 1.33 bits per heavy atom. The molecule has 2 aromatic rings. The molecule has 0 amide bonds. The zero-order chi connectivity index (χ0) is 15.5. The fraction of sp³-hybridized carbons (Fsp3) is 0.0833. The lowest BCUT2D eigenvalue weighted by molar-refractivity contribution is -0.385. The summed E-state index contributed by atoms with van der Waals surface area (Å²) in [6.07, 6.45) is 1.20. The van der Waals surface area contributed by atoms with Gasteiger partial charge in [-0.05, 0) is 25.1 Å². The first kappa shape index (κ1) is 14.7. The molecule has 9 heteroatoms. The van der Waals surface area contributed by atoms with Crippen molar-refractivity contribution >= 4 is 21.9 Å². The second kappa shape index (κ2) is 5.75. The molecule has 8 nitrogen and oxygen atoms in total. The highest BCUT2D eigenvalue weighted by Gasteiger charge is 2.16. The van der Waals surface area contributed by atoms with Gasteiger partial charge in [0.05, 0.1) is 16.0 Å². The van der Waals surface area contributed by atoms with Gasteiger partial charge in [-0.15, -0.1) is 0 Å². The lowest BCUT2D eigenvalue weighted by Crippen LogP contribution is -2.18. The second-order valence-corrected chi connectivity index (χ2v) is 5.72. The van der Waals surface area contributed by atoms with Gasteiger partial charge in [0.1, 0.15) is 11.5 Å². The van der Waals surface area contributed by atoms with E-state index in [-0.39, 0.29) is 10.6 Å². The van der Waals surface area contributed by atoms with E-state index >= 15 is 0 Å². The summed E-state index contributed by atoms with van der Waals surface area (Å²) >= 11 is 0. The molecule has 0 aliphatic carbocycles. The van der Waals surface area contributed by atoms with Crippen LogP contribution in [0.25, 0.3) is 0 Å². The maximum atomic E-state index is 11.9. The molecule has 110 valence electrons. The highest BCUT2D eigenvalue weighted by Crippen LogP contribution is 2.17. The number of nitrogens with zero attached hydrogens (tertiary/aromatic N) is 2. The van der Waals surface area contributed by atoms with E-state index in [2.05, 4.69) is 5.10 Å². The van der Waals surface area contributed by atoms with Crippen LogP contribution in [0.2, 0.25) is 0 Å². The molecular formula is C12H11N3O5S. The first-order valence-electron chi connectivity index (χ1n) is 5.74. The van der Waals surface area contributed by atoms with Gasteiger partial charge in [0.25, 0.3) is 15.7 Å². The maximum Gasteiger partial charge on any atom is 0.276 e. The Labute approximate surface area is 120 Å². The topological polar surface area (TPSA) is 115 Å². The minimum atomic E-state index is -3.97. The van der Waals surface area contributed by atoms with E-state index in [1.807, 2.05) is 4.83 Å². The third-order valence-electron chi connectivity index (χ3n) is 2.46. The molecule has 0 radical (unpaired) electrons. The lowest BCUT2D eigenvalue weighted by atomic mass is 10.3. The molecule has 1 aromatic heterocycles. The molecule has 1 N–H and O–H groups in total. The highest BCUT2D eigenvalue weighted by molar-refractivity contribution is 7.89. The average molecular weight is 309 g/mol. The van der Waals surface area contributed by atoms with Gasteiger partial charge >= 0.3 is 0 Å². The molecule has 0 aliphatic rings. The molecule has 0 saturated carbocycles. The van der Waals surface area contributed by atoms with E-state index in [0.717, 1.165) is 6.07 Å². The fourth-order valence-electron chi connectivity index (χ4n) is 1.50. The number of benzene rings is 1. The van der Waals surface area contributed by atoms with Crippen LogP contribution in [0.5, 0.6) is 0 Å². The highest BCUT2D eigenvalue weighted by atomic mass is 32.2. The van der Waals surface area contributed by atoms with E-state index in [1.165, 1.54) is 24.4 Å². The number of rotatable bonds is 5. The van der Waals surface area contributed by atoms with Crippen LogP contribution in [-0.2, 0) is 10.0 Å². The first-order valence-corrected chi connectivity index (χ1v) is 7.22. The molecule has 1 aromatic carbocycles. The van der Waals surface area contributed by atoms with E-state index in [4.69, 9.17) is 4.42 Å². The summed E-state index contributed by atoms with van der Waals surface area (Å²) in [7, 11) is -3.97. The van der Waals surface area contributed by atoms with Gasteiger partial charge in [0.15, 0.2) is 0 Å². The largest absolute Gasteiger partial charge is 0.460 e. The number of hydrogen-bond acceptors (Lipinski definition) is 6. The van der Waals surface area contributed by atoms with Crippen LogP contribution in [0, 0.1) is 17.0 Å². The number of non-ortho nitro benzene ring substituents is 1. The predicted octanol–water partition coefficient (Wildman–Crippen LogP) is 1.81. The van der Waals surface area contributed by atoms with Crippen molar-refractivity contribution in [3.05, 3.63) is 58.0 Å². The molecule has 0 spiro atoms. The quantitative estimate of drug-likeness (QED) is 0.514. The summed E-state index contributed by atoms with van der Waals surface area (Å²) < 4.78 is 29.0. The van der Waals surface area contributed by atoms with Crippen LogP contribution in [-0.4, -0.2) is 19.6 Å². The zero-order valence-corrected chi connectivity index (χ0v) is 11.7. The molecule has 21 heavy (non-hydrogen) atoms. The van der Waals surface area contributed by atoms with Gasteiger partial charge in [-0.3, -0.25) is 10.1 Å². The molecule has 0 bridgehead atoms. The van der Waals surface area contributed by atoms with E-state index in [0.29, 0.717) is 11.5 Å². The van der Waals surface area contributed by atoms with Crippen LogP contribution < -0.4 is 4.83 Å². The van der Waals surface area contributed by atoms with Crippen molar-refractivity contribution in [1.29, 1.82) is 0 Å². The van der Waals surface area contributed by atoms with Crippen molar-refractivity contribution in [3.8, 4) is 0 Å². The molecule has 0 unspecified atom stereocenters. The number of nitro groups is 1. The normalized spacial score (nSPS) is 11.7. The Balaban J connectivity index is 2.16. The van der Waals surface area contributed by atoms with Crippen molar-refractivity contribution in [2.45, 2.75) is 11.8 Å². The summed E-state index contributed by atoms with van der Waals surface area (Å²) in [5, 5.41) is 14.2. The Hall–Kier alpha value is -2.68. The van der Waals surface area contributed by atoms with Crippen LogP contribution in [0.3, 0.4) is 0 Å². The minimum Gasteiger partial charge on any atom is -0.460 e. The van der Waals surface area contributed by atoms with Crippen molar-refractivity contribution < 1.29 is 17.8 Å². The Kier molecular flexibility index (Phi) is 4.03. The lowest BCUT2D eigenvalue weighted by Gasteiger charge is -2.02. The standard InChI is InChI=1S/C12H11N3O5S/c1-9-5-6-11(20-9)8-13-14-21(18,19)12-4-2-3-10(7-12)15(16)17/h2-8,14H,1H3/b13-8+. The van der Waals surface area contributed by atoms with Crippen LogP contribution in [0.4, 0.5) is 5.69 Å². The third-order valence-corrected chi connectivity index (χ3v) is 3.68. The fourth-order valence-corrected chi connectivity index (χ4v) is 2.33. The molecule has 1 heterocycles. The van der Waals surface area contributed by atoms with Crippen molar-refractivity contribution in [3.63, 3.8) is 0 Å². The predicted molar refractivity (Wildman–Crippen MR) is 74.5 cm³/mol. The number of nitro benzene ring substituents is 1. The number of nitrogens with one attached hydrogen (secondary N) is 1. The number of hydrazone groups is 1. The van der Waals surface area contributed by atoms with Crippen LogP contribution in [0.1, 0.15) is 11.5 Å². The van der Waals surface area contributed by atoms with Crippen LogP contribution >= 0.6 is 0 Å². The summed E-state index contributed by atoms with van der Waals surface area (Å²) in [6.45, 7) is 1.74. The van der Waals surface area contributed by atoms with E-state index in [1.54, 1.807) is 19.1 Å². The van der Waals surface area contributed by atoms with Crippen molar-refractivity contribution in [2.75, 3.05) is 0 Å². The number of furan rings is 1. The zero-order valence-electron chi connectivity index (χ0n) is 10.9. The monoisotopic (exact) mass is 309 g/mol. The number of sulfonamides is 1. The molecule has 0 saturated heterocycles. The van der Waals surface area contributed by atoms with Crippen molar-refractivity contribution in [2.24, 2.45) is 5.10 Å². The summed E-state index contributed by atoms with van der Waals surface area (Å²) in [5.74, 6) is 1.05. The summed E-state index contributed by atoms with van der Waals surface area (Å²) in [5.41, 5.74) is -0.316. The summed E-state index contributed by atoms with van der Waals surface area (Å²) in [4.78, 5) is 11.7. The minimum absolute atomic E-state index is 0.246. The van der Waals surface area contributed by atoms with Gasteiger partial charge in [-0.25, -0.2) is 0 Å². The third kappa shape index (κ3) is 3.66. The molecule has 2 rings (SSSR count). The first-order chi connectivity index (χ1) is 9.88. The van der Waals surface area contributed by atoms with Crippen LogP contribution in [0.15, 0.2) is 50.8 Å². The van der Waals surface area contributed by atoms with Gasteiger partial charge in [-0.2, -0.15) is 18.4 Å². The second-order valence-electron chi connectivity index (χ2n) is 4.06.